The van der Waals surface area contributed by atoms with Crippen LogP contribution in [0.2, 0.25) is 0 Å². The second-order valence-corrected chi connectivity index (χ2v) is 12.1. The van der Waals surface area contributed by atoms with Gasteiger partial charge in [-0.2, -0.15) is 0 Å². The Morgan fingerprint density at radius 2 is 1.27 bits per heavy atom. The van der Waals surface area contributed by atoms with E-state index < -0.39 is 8.60 Å². The minimum absolute atomic E-state index is 0.0297. The van der Waals surface area contributed by atoms with E-state index in [-0.39, 0.29) is 11.7 Å². The Balaban J connectivity index is 1.89. The first kappa shape index (κ1) is 34.9. The third-order valence-electron chi connectivity index (χ3n) is 7.30. The molecule has 0 radical (unpaired) electrons. The fourth-order valence-corrected chi connectivity index (χ4v) is 5.69. The van der Waals surface area contributed by atoms with Crippen LogP contribution in [0.3, 0.4) is 0 Å². The van der Waals surface area contributed by atoms with Crippen LogP contribution in [-0.2, 0) is 18.6 Å². The summed E-state index contributed by atoms with van der Waals surface area (Å²) in [5.41, 5.74) is 0. The van der Waals surface area contributed by atoms with Gasteiger partial charge < -0.3 is 28.4 Å². The number of carbonyl (C=O) groups excluding carboxylic acids is 1. The summed E-state index contributed by atoms with van der Waals surface area (Å²) in [7, 11) is -1.89. The number of rotatable bonds is 28. The van der Waals surface area contributed by atoms with Crippen molar-refractivity contribution in [2.45, 2.75) is 136 Å². The van der Waals surface area contributed by atoms with Gasteiger partial charge in [-0.05, 0) is 39.3 Å². The molecule has 1 aliphatic heterocycles. The topological polar surface area (TPSA) is 68.2 Å². The van der Waals surface area contributed by atoms with Crippen LogP contribution >= 0.6 is 8.60 Å². The van der Waals surface area contributed by atoms with Gasteiger partial charge in [0.2, 0.25) is 0 Å². The molecule has 37 heavy (non-hydrogen) atoms. The normalized spacial score (nSPS) is 15.9. The van der Waals surface area contributed by atoms with Crippen LogP contribution in [-0.4, -0.2) is 61.6 Å². The maximum atomic E-state index is 11.6. The fraction of sp³-hybridized carbons (Fsp3) is 0.967. The number of ether oxygens (including phenoxy) is 1. The Labute approximate surface area is 230 Å². The van der Waals surface area contributed by atoms with Gasteiger partial charge in [0.25, 0.3) is 0 Å². The van der Waals surface area contributed by atoms with Gasteiger partial charge in [-0.1, -0.05) is 103 Å². The van der Waals surface area contributed by atoms with Gasteiger partial charge in [-0.15, -0.1) is 0 Å². The average molecular weight is 546 g/mol. The summed E-state index contributed by atoms with van der Waals surface area (Å²) in [6.45, 7) is 8.95. The Bertz CT molecular complexity index is 504. The number of hydrogen-bond donors (Lipinski definition) is 1. The molecule has 0 saturated carbocycles. The summed E-state index contributed by atoms with van der Waals surface area (Å²) in [6, 6.07) is 0. The smallest absolute Gasteiger partial charge is 0.329 e. The molecule has 0 aromatic rings. The molecule has 0 aromatic heterocycles. The van der Waals surface area contributed by atoms with E-state index in [9.17, 15) is 9.69 Å². The molecule has 1 saturated heterocycles. The predicted molar refractivity (Wildman–Crippen MR) is 156 cm³/mol. The Morgan fingerprint density at radius 1 is 0.757 bits per heavy atom. The molecule has 2 atom stereocenters. The lowest BCUT2D eigenvalue weighted by molar-refractivity contribution is -0.118. The zero-order valence-electron chi connectivity index (χ0n) is 24.4. The largest absolute Gasteiger partial charge is 0.381 e. The lowest BCUT2D eigenvalue weighted by Crippen LogP contribution is -2.23. The molecule has 1 N–H and O–H groups in total. The number of carbonyl (C=O) groups is 1. The first-order valence-electron chi connectivity index (χ1n) is 15.7. The summed E-state index contributed by atoms with van der Waals surface area (Å²) >= 11 is 0. The molecule has 0 spiro atoms. The van der Waals surface area contributed by atoms with Crippen molar-refractivity contribution in [2.24, 2.45) is 5.92 Å². The van der Waals surface area contributed by atoms with E-state index in [0.29, 0.717) is 26.2 Å². The number of ketones is 1. The van der Waals surface area contributed by atoms with Crippen molar-refractivity contribution >= 4 is 14.4 Å². The highest BCUT2D eigenvalue weighted by Crippen LogP contribution is 2.33. The van der Waals surface area contributed by atoms with E-state index >= 15 is 0 Å². The van der Waals surface area contributed by atoms with Crippen LogP contribution in [0.4, 0.5) is 0 Å². The van der Waals surface area contributed by atoms with Gasteiger partial charge >= 0.3 is 8.60 Å². The van der Waals surface area contributed by atoms with Crippen molar-refractivity contribution < 1.29 is 23.5 Å². The van der Waals surface area contributed by atoms with Crippen LogP contribution in [0.5, 0.6) is 0 Å². The molecule has 6 nitrogen and oxygen atoms in total. The molecule has 0 aliphatic carbocycles. The van der Waals surface area contributed by atoms with Crippen LogP contribution in [0.15, 0.2) is 0 Å². The lowest BCUT2D eigenvalue weighted by Gasteiger charge is -2.19. The molecule has 0 bridgehead atoms. The first-order chi connectivity index (χ1) is 18.1. The fourth-order valence-electron chi connectivity index (χ4n) is 5.04. The lowest BCUT2D eigenvalue weighted by atomic mass is 10.0. The Hall–Kier alpha value is -0.100. The van der Waals surface area contributed by atoms with Gasteiger partial charge in [-0.25, -0.2) is 0 Å². The average Bonchev–Trinajstić information content (AvgIpc) is 3.39. The number of likely N-dealkylation sites (tertiary alicyclic amines) is 1. The second kappa shape index (κ2) is 26.1. The Morgan fingerprint density at radius 3 is 1.78 bits per heavy atom. The molecule has 1 aliphatic rings. The molecule has 1 rings (SSSR count). The third-order valence-corrected chi connectivity index (χ3v) is 8.07. The van der Waals surface area contributed by atoms with Crippen LogP contribution in [0.25, 0.3) is 0 Å². The summed E-state index contributed by atoms with van der Waals surface area (Å²) in [6.07, 6.45) is 24.7. The van der Waals surface area contributed by atoms with E-state index in [1.807, 2.05) is 0 Å². The number of nitrogens with zero attached hydrogens (tertiary/aromatic N) is 1. The van der Waals surface area contributed by atoms with E-state index in [1.165, 1.54) is 109 Å². The van der Waals surface area contributed by atoms with Crippen LogP contribution < -0.4 is 0 Å². The predicted octanol–water partition coefficient (Wildman–Crippen LogP) is 8.21. The van der Waals surface area contributed by atoms with Gasteiger partial charge in [-0.3, -0.25) is 0 Å². The quantitative estimate of drug-likeness (QED) is 0.0789. The zero-order chi connectivity index (χ0) is 26.8. The standard InChI is InChI=1S/C30H60NO5P/c1-3-4-5-6-7-8-9-10-11-12-13-14-15-16-17-20-24-34-27-30(26-29(2)32)28-36-37(33)35-25-23-31-21-18-19-22-31/h30,33H,3-28H2,1-2H3. The van der Waals surface area contributed by atoms with Crippen LogP contribution in [0.1, 0.15) is 136 Å². The summed E-state index contributed by atoms with van der Waals surface area (Å²) in [5.74, 6) is 0.0923. The van der Waals surface area contributed by atoms with E-state index in [1.54, 1.807) is 6.92 Å². The zero-order valence-corrected chi connectivity index (χ0v) is 25.3. The van der Waals surface area contributed by atoms with E-state index in [4.69, 9.17) is 13.8 Å². The summed E-state index contributed by atoms with van der Waals surface area (Å²) < 4.78 is 16.8. The third kappa shape index (κ3) is 23.5. The van der Waals surface area contributed by atoms with E-state index in [0.717, 1.165) is 32.7 Å². The minimum Gasteiger partial charge on any atom is -0.381 e. The number of hydrogen-bond acceptors (Lipinski definition) is 6. The van der Waals surface area contributed by atoms with Crippen LogP contribution in [0, 0.1) is 5.92 Å². The molecule has 1 heterocycles. The molecule has 1 fully saturated rings. The van der Waals surface area contributed by atoms with Crippen molar-refractivity contribution in [2.75, 3.05) is 46.1 Å². The van der Waals surface area contributed by atoms with Crippen molar-refractivity contribution in [1.29, 1.82) is 0 Å². The molecular formula is C30H60NO5P. The van der Waals surface area contributed by atoms with E-state index in [2.05, 4.69) is 11.8 Å². The van der Waals surface area contributed by atoms with Crippen molar-refractivity contribution in [1.82, 2.24) is 4.90 Å². The van der Waals surface area contributed by atoms with Crippen molar-refractivity contribution in [3.05, 3.63) is 0 Å². The minimum atomic E-state index is -1.89. The highest BCUT2D eigenvalue weighted by Gasteiger charge is 2.17. The Kier molecular flexibility index (Phi) is 24.7. The van der Waals surface area contributed by atoms with Crippen molar-refractivity contribution in [3.8, 4) is 0 Å². The highest BCUT2D eigenvalue weighted by atomic mass is 31.2. The maximum Gasteiger partial charge on any atom is 0.329 e. The van der Waals surface area contributed by atoms with Gasteiger partial charge in [0.15, 0.2) is 0 Å². The van der Waals surface area contributed by atoms with Gasteiger partial charge in [0.05, 0.1) is 19.8 Å². The van der Waals surface area contributed by atoms with Gasteiger partial charge in [0, 0.05) is 25.5 Å². The molecule has 0 aromatic carbocycles. The molecule has 0 amide bonds. The molecule has 7 heteroatoms. The number of Topliss-reactive ketones (excluding diaryl/α,β-unsaturated/α-hetero) is 1. The first-order valence-corrected chi connectivity index (χ1v) is 16.8. The maximum absolute atomic E-state index is 11.6. The second-order valence-electron chi connectivity index (χ2n) is 11.1. The number of unbranched alkanes of at least 4 members (excludes halogenated alkanes) is 15. The SMILES string of the molecule is CCCCCCCCCCCCCCCCCCOCC(COP(O)OCCN1CCCC1)CC(C)=O. The monoisotopic (exact) mass is 545 g/mol. The molecule has 2 unspecified atom stereocenters. The molecular weight excluding hydrogens is 485 g/mol. The summed E-state index contributed by atoms with van der Waals surface area (Å²) in [4.78, 5) is 24.0. The highest BCUT2D eigenvalue weighted by molar-refractivity contribution is 7.40. The summed E-state index contributed by atoms with van der Waals surface area (Å²) in [5, 5.41) is 0. The molecule has 220 valence electrons. The van der Waals surface area contributed by atoms with Gasteiger partial charge in [0.1, 0.15) is 5.78 Å². The van der Waals surface area contributed by atoms with Crippen molar-refractivity contribution in [3.63, 3.8) is 0 Å².